The summed E-state index contributed by atoms with van der Waals surface area (Å²) in [5.41, 5.74) is 3.76. The second kappa shape index (κ2) is 12.4. The van der Waals surface area contributed by atoms with Crippen LogP contribution in [0.5, 0.6) is 0 Å². The quantitative estimate of drug-likeness (QED) is 0.280. The summed E-state index contributed by atoms with van der Waals surface area (Å²) in [7, 11) is 0. The second-order valence-corrected chi connectivity index (χ2v) is 11.4. The summed E-state index contributed by atoms with van der Waals surface area (Å²) in [6.45, 7) is 1.00. The normalized spacial score (nSPS) is 15.8. The standard InChI is InChI=1S/C33H34F4N4O3/c1-22-29(39-17-15-32(44,16-18-39)19-23-9-4-2-5-10-23)30(42)41(21-28(38)24-11-6-3-7-12-24)31(43)40(22)20-25-26(33(35,36)37)13-8-14-27(25)34/h2-14,28,44H,15-21,38H2,1H3/t28-/m1/s1. The number of alkyl halides is 3. The molecule has 2 heterocycles. The number of aromatic nitrogens is 2. The van der Waals surface area contributed by atoms with E-state index >= 15 is 0 Å². The summed E-state index contributed by atoms with van der Waals surface area (Å²) < 4.78 is 58.5. The first-order valence-electron chi connectivity index (χ1n) is 14.4. The third-order valence-electron chi connectivity index (χ3n) is 8.39. The molecule has 0 spiro atoms. The maximum atomic E-state index is 14.9. The minimum atomic E-state index is -4.86. The van der Waals surface area contributed by atoms with Gasteiger partial charge in [-0.05, 0) is 43.0 Å². The number of anilines is 1. The van der Waals surface area contributed by atoms with Crippen LogP contribution in [0.3, 0.4) is 0 Å². The molecule has 5 rings (SSSR count). The molecule has 0 radical (unpaired) electrons. The largest absolute Gasteiger partial charge is 0.416 e. The van der Waals surface area contributed by atoms with Crippen LogP contribution in [0.4, 0.5) is 23.2 Å². The van der Waals surface area contributed by atoms with E-state index in [0.717, 1.165) is 32.9 Å². The average Bonchev–Trinajstić information content (AvgIpc) is 2.99. The molecule has 0 saturated carbocycles. The van der Waals surface area contributed by atoms with Crippen molar-refractivity contribution in [2.75, 3.05) is 18.0 Å². The summed E-state index contributed by atoms with van der Waals surface area (Å²) >= 11 is 0. The number of halogens is 4. The summed E-state index contributed by atoms with van der Waals surface area (Å²) in [5.74, 6) is -1.12. The maximum absolute atomic E-state index is 14.9. The number of piperidine rings is 1. The Bertz CT molecular complexity index is 1730. The Morgan fingerprint density at radius 3 is 2.14 bits per heavy atom. The molecule has 7 nitrogen and oxygen atoms in total. The van der Waals surface area contributed by atoms with Crippen molar-refractivity contribution in [3.8, 4) is 0 Å². The molecular formula is C33H34F4N4O3. The molecule has 1 saturated heterocycles. The van der Waals surface area contributed by atoms with Gasteiger partial charge in [0.25, 0.3) is 5.56 Å². The highest BCUT2D eigenvalue weighted by Gasteiger charge is 2.37. The maximum Gasteiger partial charge on any atom is 0.416 e. The molecule has 1 aliphatic heterocycles. The van der Waals surface area contributed by atoms with Gasteiger partial charge in [0, 0.05) is 36.8 Å². The van der Waals surface area contributed by atoms with Crippen molar-refractivity contribution in [3.63, 3.8) is 0 Å². The van der Waals surface area contributed by atoms with Crippen LogP contribution in [0.25, 0.3) is 0 Å². The molecule has 1 fully saturated rings. The topological polar surface area (TPSA) is 93.5 Å². The van der Waals surface area contributed by atoms with Gasteiger partial charge in [-0.3, -0.25) is 13.9 Å². The van der Waals surface area contributed by atoms with E-state index < -0.39 is 52.6 Å². The minimum absolute atomic E-state index is 0.106. The fraction of sp³-hybridized carbons (Fsp3) is 0.333. The molecule has 4 aromatic rings. The predicted molar refractivity (Wildman–Crippen MR) is 160 cm³/mol. The number of rotatable bonds is 8. The molecular weight excluding hydrogens is 576 g/mol. The van der Waals surface area contributed by atoms with Gasteiger partial charge in [0.05, 0.1) is 24.3 Å². The van der Waals surface area contributed by atoms with E-state index in [2.05, 4.69) is 0 Å². The van der Waals surface area contributed by atoms with Crippen molar-refractivity contribution < 1.29 is 22.7 Å². The smallest absolute Gasteiger partial charge is 0.389 e. The molecule has 0 unspecified atom stereocenters. The van der Waals surface area contributed by atoms with Crippen molar-refractivity contribution >= 4 is 5.69 Å². The van der Waals surface area contributed by atoms with Crippen LogP contribution in [0, 0.1) is 12.7 Å². The van der Waals surface area contributed by atoms with Gasteiger partial charge in [-0.2, -0.15) is 13.2 Å². The number of hydrogen-bond donors (Lipinski definition) is 2. The molecule has 1 aliphatic rings. The van der Waals surface area contributed by atoms with Crippen molar-refractivity contribution in [1.29, 1.82) is 0 Å². The van der Waals surface area contributed by atoms with E-state index in [0.29, 0.717) is 24.8 Å². The molecule has 1 atom stereocenters. The fourth-order valence-electron chi connectivity index (χ4n) is 5.94. The first-order valence-corrected chi connectivity index (χ1v) is 14.4. The highest BCUT2D eigenvalue weighted by Crippen LogP contribution is 2.34. The van der Waals surface area contributed by atoms with Crippen molar-refractivity contribution in [1.82, 2.24) is 9.13 Å². The van der Waals surface area contributed by atoms with Gasteiger partial charge in [0.1, 0.15) is 11.5 Å². The van der Waals surface area contributed by atoms with Gasteiger partial charge in [0.15, 0.2) is 0 Å². The van der Waals surface area contributed by atoms with E-state index in [-0.39, 0.29) is 31.0 Å². The number of nitrogens with two attached hydrogens (primary N) is 1. The number of benzene rings is 3. The highest BCUT2D eigenvalue weighted by molar-refractivity contribution is 5.50. The summed E-state index contributed by atoms with van der Waals surface area (Å²) in [5, 5.41) is 11.3. The van der Waals surface area contributed by atoms with Crippen LogP contribution in [-0.2, 0) is 25.7 Å². The summed E-state index contributed by atoms with van der Waals surface area (Å²) in [6.07, 6.45) is -3.81. The van der Waals surface area contributed by atoms with E-state index in [1.807, 2.05) is 30.3 Å². The Balaban J connectivity index is 1.57. The monoisotopic (exact) mass is 610 g/mol. The number of hydrogen-bond acceptors (Lipinski definition) is 5. The van der Waals surface area contributed by atoms with Crippen LogP contribution in [-0.4, -0.2) is 32.9 Å². The van der Waals surface area contributed by atoms with Crippen LogP contribution in [0.2, 0.25) is 0 Å². The van der Waals surface area contributed by atoms with Gasteiger partial charge >= 0.3 is 11.9 Å². The Morgan fingerprint density at radius 2 is 1.52 bits per heavy atom. The van der Waals surface area contributed by atoms with Crippen LogP contribution < -0.4 is 21.9 Å². The van der Waals surface area contributed by atoms with Crippen LogP contribution in [0.1, 0.15) is 46.8 Å². The molecule has 11 heteroatoms. The van der Waals surface area contributed by atoms with E-state index in [1.54, 1.807) is 35.2 Å². The minimum Gasteiger partial charge on any atom is -0.389 e. The van der Waals surface area contributed by atoms with Crippen LogP contribution >= 0.6 is 0 Å². The van der Waals surface area contributed by atoms with E-state index in [9.17, 15) is 32.3 Å². The zero-order valence-corrected chi connectivity index (χ0v) is 24.2. The van der Waals surface area contributed by atoms with E-state index in [4.69, 9.17) is 5.73 Å². The van der Waals surface area contributed by atoms with E-state index in [1.165, 1.54) is 6.92 Å². The zero-order chi connectivity index (χ0) is 31.6. The number of aliphatic hydroxyl groups is 1. The second-order valence-electron chi connectivity index (χ2n) is 11.4. The Hall–Kier alpha value is -4.22. The van der Waals surface area contributed by atoms with Crippen molar-refractivity contribution in [2.24, 2.45) is 5.73 Å². The van der Waals surface area contributed by atoms with Gasteiger partial charge in [0.2, 0.25) is 0 Å². The average molecular weight is 611 g/mol. The lowest BCUT2D eigenvalue weighted by Gasteiger charge is -2.40. The molecule has 0 bridgehead atoms. The first kappa shape index (κ1) is 31.2. The Labute approximate surface area is 251 Å². The lowest BCUT2D eigenvalue weighted by Crippen LogP contribution is -2.51. The van der Waals surface area contributed by atoms with Gasteiger partial charge in [-0.15, -0.1) is 0 Å². The van der Waals surface area contributed by atoms with Gasteiger partial charge in [-0.1, -0.05) is 66.7 Å². The summed E-state index contributed by atoms with van der Waals surface area (Å²) in [4.78, 5) is 29.5. The molecule has 232 valence electrons. The molecule has 3 aromatic carbocycles. The van der Waals surface area contributed by atoms with Crippen molar-refractivity contribution in [2.45, 2.75) is 57.1 Å². The Morgan fingerprint density at radius 1 is 0.909 bits per heavy atom. The lowest BCUT2D eigenvalue weighted by atomic mass is 9.85. The molecule has 0 amide bonds. The molecule has 0 aliphatic carbocycles. The molecule has 3 N–H and O–H groups in total. The van der Waals surface area contributed by atoms with Gasteiger partial charge in [-0.25, -0.2) is 9.18 Å². The highest BCUT2D eigenvalue weighted by atomic mass is 19.4. The van der Waals surface area contributed by atoms with Crippen molar-refractivity contribution in [3.05, 3.63) is 133 Å². The van der Waals surface area contributed by atoms with Gasteiger partial charge < -0.3 is 15.7 Å². The van der Waals surface area contributed by atoms with Crippen LogP contribution in [0.15, 0.2) is 88.5 Å². The predicted octanol–water partition coefficient (Wildman–Crippen LogP) is 4.80. The SMILES string of the molecule is Cc1c(N2CCC(O)(Cc3ccccc3)CC2)c(=O)n(C[C@@H](N)c2ccccc2)c(=O)n1Cc1c(F)cccc1C(F)(F)F. The fourth-order valence-corrected chi connectivity index (χ4v) is 5.94. The summed E-state index contributed by atoms with van der Waals surface area (Å²) in [6, 6.07) is 20.2. The third kappa shape index (κ3) is 6.48. The molecule has 1 aromatic heterocycles. The molecule has 44 heavy (non-hydrogen) atoms. The Kier molecular flexibility index (Phi) is 8.80. The zero-order valence-electron chi connectivity index (χ0n) is 24.2. The third-order valence-corrected chi connectivity index (χ3v) is 8.39. The number of nitrogens with zero attached hydrogens (tertiary/aromatic N) is 3. The first-order chi connectivity index (χ1) is 20.9. The lowest BCUT2D eigenvalue weighted by molar-refractivity contribution is -0.138.